The number of nitrogens with zero attached hydrogens (tertiary/aromatic N) is 2. The Morgan fingerprint density at radius 1 is 1.30 bits per heavy atom. The molecule has 2 N–H and O–H groups in total. The van der Waals surface area contributed by atoms with Crippen LogP contribution in [0, 0.1) is 11.3 Å². The third-order valence-corrected chi connectivity index (χ3v) is 3.99. The normalized spacial score (nSPS) is 15.9. The van der Waals surface area contributed by atoms with Crippen molar-refractivity contribution in [2.24, 2.45) is 0 Å². The minimum absolute atomic E-state index is 0.293. The molecule has 0 spiro atoms. The number of morpholine rings is 1. The number of benzene rings is 1. The Labute approximate surface area is 155 Å². The van der Waals surface area contributed by atoms with Crippen LogP contribution in [0.15, 0.2) is 36.0 Å². The van der Waals surface area contributed by atoms with E-state index in [1.54, 1.807) is 6.07 Å². The van der Waals surface area contributed by atoms with Crippen molar-refractivity contribution in [3.8, 4) is 6.07 Å². The lowest BCUT2D eigenvalue weighted by Gasteiger charge is -2.26. The van der Waals surface area contributed by atoms with Crippen LogP contribution in [0.1, 0.15) is 12.0 Å². The van der Waals surface area contributed by atoms with Crippen LogP contribution in [0.5, 0.6) is 0 Å². The van der Waals surface area contributed by atoms with Crippen molar-refractivity contribution in [2.75, 3.05) is 44.7 Å². The maximum absolute atomic E-state index is 13.0. The first-order valence-electron chi connectivity index (χ1n) is 8.53. The maximum Gasteiger partial charge on any atom is 0.418 e. The number of amides is 1. The Morgan fingerprint density at radius 3 is 2.67 bits per heavy atom. The quantitative estimate of drug-likeness (QED) is 0.430. The molecule has 0 saturated carbocycles. The number of alkyl halides is 3. The lowest BCUT2D eigenvalue weighted by atomic mass is 10.1. The number of rotatable bonds is 7. The average molecular weight is 382 g/mol. The lowest BCUT2D eigenvalue weighted by Crippen LogP contribution is -2.37. The van der Waals surface area contributed by atoms with E-state index >= 15 is 0 Å². The predicted octanol–water partition coefficient (Wildman–Crippen LogP) is 2.36. The van der Waals surface area contributed by atoms with Crippen LogP contribution in [-0.2, 0) is 15.7 Å². The van der Waals surface area contributed by atoms with Crippen LogP contribution in [-0.4, -0.2) is 50.2 Å². The summed E-state index contributed by atoms with van der Waals surface area (Å²) >= 11 is 0. The summed E-state index contributed by atoms with van der Waals surface area (Å²) in [6.07, 6.45) is -2.57. The molecule has 1 aromatic rings. The summed E-state index contributed by atoms with van der Waals surface area (Å²) in [5.41, 5.74) is -1.64. The summed E-state index contributed by atoms with van der Waals surface area (Å²) < 4.78 is 44.2. The Morgan fingerprint density at radius 2 is 2.00 bits per heavy atom. The van der Waals surface area contributed by atoms with Crippen LogP contribution in [0.25, 0.3) is 0 Å². The van der Waals surface area contributed by atoms with E-state index in [4.69, 9.17) is 10.00 Å². The molecule has 6 nitrogen and oxygen atoms in total. The number of nitrogens with one attached hydrogen (secondary N) is 2. The molecule has 2 rings (SSSR count). The van der Waals surface area contributed by atoms with Crippen molar-refractivity contribution in [3.05, 3.63) is 41.6 Å². The van der Waals surface area contributed by atoms with Crippen molar-refractivity contribution in [2.45, 2.75) is 12.6 Å². The molecule has 1 aliphatic rings. The van der Waals surface area contributed by atoms with Crippen LogP contribution < -0.4 is 10.6 Å². The molecule has 1 aromatic carbocycles. The number of halogens is 3. The molecule has 1 fully saturated rings. The van der Waals surface area contributed by atoms with Gasteiger partial charge in [-0.05, 0) is 25.1 Å². The molecular weight excluding hydrogens is 361 g/mol. The molecule has 0 atom stereocenters. The van der Waals surface area contributed by atoms with Gasteiger partial charge in [-0.25, -0.2) is 0 Å². The summed E-state index contributed by atoms with van der Waals surface area (Å²) in [6, 6.07) is 6.32. The molecule has 1 saturated heterocycles. The van der Waals surface area contributed by atoms with E-state index in [2.05, 4.69) is 15.5 Å². The van der Waals surface area contributed by atoms with Gasteiger partial charge in [0.1, 0.15) is 11.6 Å². The van der Waals surface area contributed by atoms with E-state index in [0.717, 1.165) is 38.2 Å². The van der Waals surface area contributed by atoms with Crippen molar-refractivity contribution in [1.82, 2.24) is 10.2 Å². The Balaban J connectivity index is 1.86. The average Bonchev–Trinajstić information content (AvgIpc) is 2.65. The fraction of sp³-hybridized carbons (Fsp3) is 0.444. The van der Waals surface area contributed by atoms with E-state index in [1.165, 1.54) is 18.3 Å². The zero-order valence-electron chi connectivity index (χ0n) is 14.7. The molecule has 27 heavy (non-hydrogen) atoms. The van der Waals surface area contributed by atoms with Gasteiger partial charge in [-0.15, -0.1) is 0 Å². The number of ether oxygens (including phenoxy) is 1. The molecule has 0 unspecified atom stereocenters. The fourth-order valence-corrected chi connectivity index (χ4v) is 2.58. The molecule has 9 heteroatoms. The van der Waals surface area contributed by atoms with Gasteiger partial charge in [0, 0.05) is 25.8 Å². The predicted molar refractivity (Wildman–Crippen MR) is 93.6 cm³/mol. The summed E-state index contributed by atoms with van der Waals surface area (Å²) in [4.78, 5) is 14.4. The Kier molecular flexibility index (Phi) is 7.64. The minimum atomic E-state index is -4.60. The van der Waals surface area contributed by atoms with Gasteiger partial charge in [0.2, 0.25) is 0 Å². The number of hydrogen-bond donors (Lipinski definition) is 2. The zero-order valence-corrected chi connectivity index (χ0v) is 14.7. The molecule has 146 valence electrons. The van der Waals surface area contributed by atoms with Crippen LogP contribution in [0.2, 0.25) is 0 Å². The lowest BCUT2D eigenvalue weighted by molar-refractivity contribution is -0.137. The highest BCUT2D eigenvalue weighted by Gasteiger charge is 2.33. The van der Waals surface area contributed by atoms with Crippen molar-refractivity contribution in [3.63, 3.8) is 0 Å². The third-order valence-electron chi connectivity index (χ3n) is 3.99. The van der Waals surface area contributed by atoms with E-state index in [0.29, 0.717) is 19.8 Å². The number of carbonyl (C=O) groups is 1. The summed E-state index contributed by atoms with van der Waals surface area (Å²) in [5, 5.41) is 14.1. The Bertz CT molecular complexity index is 707. The highest BCUT2D eigenvalue weighted by Crippen LogP contribution is 2.34. The molecular formula is C18H21F3N4O2. The molecule has 0 radical (unpaired) electrons. The molecule has 0 aliphatic carbocycles. The van der Waals surface area contributed by atoms with Gasteiger partial charge in [0.25, 0.3) is 5.91 Å². The van der Waals surface area contributed by atoms with E-state index in [1.807, 2.05) is 0 Å². The highest BCUT2D eigenvalue weighted by molar-refractivity contribution is 6.06. The summed E-state index contributed by atoms with van der Waals surface area (Å²) in [5.74, 6) is -0.894. The van der Waals surface area contributed by atoms with Crippen molar-refractivity contribution < 1.29 is 22.7 Å². The summed E-state index contributed by atoms with van der Waals surface area (Å²) in [6.45, 7) is 4.57. The van der Waals surface area contributed by atoms with E-state index in [-0.39, 0.29) is 11.3 Å². The molecule has 0 bridgehead atoms. The SMILES string of the molecule is N#C/C(=C/NCCCN1CCOCC1)C(=O)Nc1ccccc1C(F)(F)F. The molecule has 1 amide bonds. The first-order valence-corrected chi connectivity index (χ1v) is 8.53. The largest absolute Gasteiger partial charge is 0.418 e. The number of nitriles is 1. The van der Waals surface area contributed by atoms with Crippen LogP contribution >= 0.6 is 0 Å². The van der Waals surface area contributed by atoms with Gasteiger partial charge < -0.3 is 15.4 Å². The molecule has 1 heterocycles. The molecule has 0 aromatic heterocycles. The second-order valence-corrected chi connectivity index (χ2v) is 5.93. The topological polar surface area (TPSA) is 77.4 Å². The number of carbonyl (C=O) groups excluding carboxylic acids is 1. The van der Waals surface area contributed by atoms with Gasteiger partial charge in [-0.1, -0.05) is 12.1 Å². The number of hydrogen-bond acceptors (Lipinski definition) is 5. The van der Waals surface area contributed by atoms with Crippen LogP contribution in [0.4, 0.5) is 18.9 Å². The zero-order chi connectivity index (χ0) is 19.7. The van der Waals surface area contributed by atoms with Crippen LogP contribution in [0.3, 0.4) is 0 Å². The number of para-hydroxylation sites is 1. The second kappa shape index (κ2) is 9.94. The first-order chi connectivity index (χ1) is 12.9. The van der Waals surface area contributed by atoms with Gasteiger partial charge in [0.15, 0.2) is 0 Å². The third kappa shape index (κ3) is 6.58. The maximum atomic E-state index is 13.0. The fourth-order valence-electron chi connectivity index (χ4n) is 2.58. The van der Waals surface area contributed by atoms with Gasteiger partial charge in [-0.3, -0.25) is 9.69 Å². The highest BCUT2D eigenvalue weighted by atomic mass is 19.4. The Hall–Kier alpha value is -2.57. The van der Waals surface area contributed by atoms with E-state index < -0.39 is 17.6 Å². The molecule has 1 aliphatic heterocycles. The first kappa shape index (κ1) is 20.7. The standard InChI is InChI=1S/C18H21F3N4O2/c19-18(20,21)15-4-1-2-5-16(15)24-17(26)14(12-22)13-23-6-3-7-25-8-10-27-11-9-25/h1-2,4-5,13,23H,3,6-11H2,(H,24,26)/b14-13-. The minimum Gasteiger partial charge on any atom is -0.390 e. The van der Waals surface area contributed by atoms with Gasteiger partial charge >= 0.3 is 6.18 Å². The monoisotopic (exact) mass is 382 g/mol. The number of anilines is 1. The van der Waals surface area contributed by atoms with Crippen molar-refractivity contribution >= 4 is 11.6 Å². The van der Waals surface area contributed by atoms with Gasteiger partial charge in [-0.2, -0.15) is 18.4 Å². The smallest absolute Gasteiger partial charge is 0.390 e. The van der Waals surface area contributed by atoms with Crippen molar-refractivity contribution in [1.29, 1.82) is 5.26 Å². The van der Waals surface area contributed by atoms with Gasteiger partial charge in [0.05, 0.1) is 24.5 Å². The summed E-state index contributed by atoms with van der Waals surface area (Å²) in [7, 11) is 0. The van der Waals surface area contributed by atoms with E-state index in [9.17, 15) is 18.0 Å². The second-order valence-electron chi connectivity index (χ2n) is 5.93.